The number of rotatable bonds is 4. The molecular weight excluding hydrogens is 257 g/mol. The van der Waals surface area contributed by atoms with Gasteiger partial charge in [-0.05, 0) is 18.2 Å². The van der Waals surface area contributed by atoms with E-state index in [4.69, 9.17) is 5.11 Å². The van der Waals surface area contributed by atoms with Crippen molar-refractivity contribution in [1.29, 1.82) is 0 Å². The van der Waals surface area contributed by atoms with E-state index in [2.05, 4.69) is 16.0 Å². The zero-order chi connectivity index (χ0) is 14.4. The molecule has 0 aliphatic heterocycles. The number of carbonyl (C=O) groups is 3. The van der Waals surface area contributed by atoms with Crippen LogP contribution in [0.5, 0.6) is 0 Å². The fourth-order valence-electron chi connectivity index (χ4n) is 1.19. The number of anilines is 1. The molecule has 0 spiro atoms. The summed E-state index contributed by atoms with van der Waals surface area (Å²) in [5, 5.41) is 15.4. The van der Waals surface area contributed by atoms with E-state index in [1.165, 1.54) is 13.1 Å². The van der Waals surface area contributed by atoms with Gasteiger partial charge in [0.2, 0.25) is 5.91 Å². The predicted octanol–water partition coefficient (Wildman–Crippen LogP) is 0.391. The minimum atomic E-state index is -1.40. The Labute approximate surface area is 107 Å². The van der Waals surface area contributed by atoms with E-state index < -0.39 is 23.4 Å². The molecule has 0 aliphatic carbocycles. The van der Waals surface area contributed by atoms with Crippen LogP contribution in [0.25, 0.3) is 0 Å². The Morgan fingerprint density at radius 3 is 2.53 bits per heavy atom. The fourth-order valence-corrected chi connectivity index (χ4v) is 1.19. The van der Waals surface area contributed by atoms with Crippen LogP contribution in [0.1, 0.15) is 10.4 Å². The van der Waals surface area contributed by atoms with Gasteiger partial charge in [0, 0.05) is 12.7 Å². The van der Waals surface area contributed by atoms with Crippen LogP contribution in [0.4, 0.5) is 14.9 Å². The number of halogens is 1. The number of aromatic carboxylic acids is 1. The van der Waals surface area contributed by atoms with Crippen LogP contribution in [0.3, 0.4) is 0 Å². The molecule has 19 heavy (non-hydrogen) atoms. The second-order valence-electron chi connectivity index (χ2n) is 3.48. The van der Waals surface area contributed by atoms with Crippen LogP contribution >= 0.6 is 0 Å². The van der Waals surface area contributed by atoms with E-state index in [1.807, 2.05) is 0 Å². The maximum Gasteiger partial charge on any atom is 0.338 e. The van der Waals surface area contributed by atoms with Crippen LogP contribution < -0.4 is 16.0 Å². The monoisotopic (exact) mass is 269 g/mol. The van der Waals surface area contributed by atoms with Gasteiger partial charge in [0.1, 0.15) is 5.82 Å². The van der Waals surface area contributed by atoms with Gasteiger partial charge in [-0.2, -0.15) is 0 Å². The topological polar surface area (TPSA) is 108 Å². The summed E-state index contributed by atoms with van der Waals surface area (Å²) < 4.78 is 13.3. The summed E-state index contributed by atoms with van der Waals surface area (Å²) in [7, 11) is 1.42. The first-order valence-corrected chi connectivity index (χ1v) is 5.22. The summed E-state index contributed by atoms with van der Waals surface area (Å²) in [5.41, 5.74) is -0.409. The molecule has 7 nitrogen and oxygen atoms in total. The van der Waals surface area contributed by atoms with Crippen molar-refractivity contribution in [2.45, 2.75) is 0 Å². The molecule has 0 bridgehead atoms. The highest BCUT2D eigenvalue weighted by atomic mass is 19.1. The lowest BCUT2D eigenvalue weighted by Gasteiger charge is -2.07. The first kappa shape index (κ1) is 14.4. The summed E-state index contributed by atoms with van der Waals surface area (Å²) in [4.78, 5) is 32.8. The Morgan fingerprint density at radius 1 is 1.32 bits per heavy atom. The lowest BCUT2D eigenvalue weighted by Crippen LogP contribution is -2.37. The van der Waals surface area contributed by atoms with Gasteiger partial charge >= 0.3 is 12.0 Å². The molecule has 0 heterocycles. The maximum absolute atomic E-state index is 13.3. The normalized spacial score (nSPS) is 9.58. The zero-order valence-corrected chi connectivity index (χ0v) is 9.99. The first-order valence-electron chi connectivity index (χ1n) is 5.22. The smallest absolute Gasteiger partial charge is 0.338 e. The third kappa shape index (κ3) is 4.26. The van der Waals surface area contributed by atoms with Crippen molar-refractivity contribution in [2.75, 3.05) is 18.9 Å². The molecule has 0 aromatic heterocycles. The van der Waals surface area contributed by atoms with Crippen LogP contribution in [0.2, 0.25) is 0 Å². The van der Waals surface area contributed by atoms with Gasteiger partial charge in [-0.25, -0.2) is 14.0 Å². The maximum atomic E-state index is 13.3. The number of carbonyl (C=O) groups excluding carboxylic acids is 2. The molecule has 102 valence electrons. The molecule has 3 amide bonds. The molecule has 0 radical (unpaired) electrons. The quantitative estimate of drug-likeness (QED) is 0.634. The molecule has 4 N–H and O–H groups in total. The van der Waals surface area contributed by atoms with Crippen LogP contribution in [0.15, 0.2) is 18.2 Å². The highest BCUT2D eigenvalue weighted by Crippen LogP contribution is 2.14. The highest BCUT2D eigenvalue weighted by molar-refractivity contribution is 5.93. The number of carboxylic acids is 1. The van der Waals surface area contributed by atoms with E-state index in [-0.39, 0.29) is 18.1 Å². The number of amides is 3. The molecule has 8 heteroatoms. The lowest BCUT2D eigenvalue weighted by atomic mass is 10.2. The number of hydrogen-bond donors (Lipinski definition) is 4. The molecule has 0 fully saturated rings. The largest absolute Gasteiger partial charge is 0.478 e. The average Bonchev–Trinajstić information content (AvgIpc) is 2.35. The van der Waals surface area contributed by atoms with Crippen molar-refractivity contribution < 1.29 is 23.9 Å². The van der Waals surface area contributed by atoms with Gasteiger partial charge in [-0.1, -0.05) is 0 Å². The lowest BCUT2D eigenvalue weighted by molar-refractivity contribution is -0.119. The third-order valence-electron chi connectivity index (χ3n) is 2.15. The number of likely N-dealkylation sites (N-methyl/N-ethyl adjacent to an activating group) is 1. The predicted molar refractivity (Wildman–Crippen MR) is 64.4 cm³/mol. The Balaban J connectivity index is 2.63. The summed E-state index contributed by atoms with van der Waals surface area (Å²) in [6, 6.07) is 2.45. The minimum Gasteiger partial charge on any atom is -0.478 e. The fraction of sp³-hybridized carbons (Fsp3) is 0.182. The van der Waals surface area contributed by atoms with Crippen LogP contribution in [-0.2, 0) is 4.79 Å². The molecule has 1 aromatic carbocycles. The molecule has 0 saturated heterocycles. The summed E-state index contributed by atoms with van der Waals surface area (Å²) in [6.07, 6.45) is 0. The highest BCUT2D eigenvalue weighted by Gasteiger charge is 2.11. The molecule has 1 rings (SSSR count). The van der Waals surface area contributed by atoms with E-state index in [0.717, 1.165) is 12.1 Å². The standard InChI is InChI=1S/C11H12FN3O4/c1-13-9(16)5-14-11(19)15-6-2-3-7(10(17)18)8(12)4-6/h2-4H,5H2,1H3,(H,13,16)(H,17,18)(H2,14,15,19). The van der Waals surface area contributed by atoms with Gasteiger partial charge in [0.25, 0.3) is 0 Å². The Bertz CT molecular complexity index is 519. The minimum absolute atomic E-state index is 0.0805. The molecule has 0 atom stereocenters. The number of carboxylic acid groups (broad SMARTS) is 1. The van der Waals surface area contributed by atoms with Gasteiger partial charge in [-0.3, -0.25) is 4.79 Å². The second kappa shape index (κ2) is 6.34. The Morgan fingerprint density at radius 2 is 2.00 bits per heavy atom. The summed E-state index contributed by atoms with van der Waals surface area (Å²) in [5.74, 6) is -2.74. The van der Waals surface area contributed by atoms with Crippen molar-refractivity contribution >= 4 is 23.6 Å². The van der Waals surface area contributed by atoms with E-state index >= 15 is 0 Å². The van der Waals surface area contributed by atoms with Crippen LogP contribution in [-0.4, -0.2) is 36.6 Å². The van der Waals surface area contributed by atoms with Gasteiger partial charge in [0.15, 0.2) is 0 Å². The van der Waals surface area contributed by atoms with Crippen molar-refractivity contribution in [3.05, 3.63) is 29.6 Å². The van der Waals surface area contributed by atoms with Gasteiger partial charge in [-0.15, -0.1) is 0 Å². The van der Waals surface area contributed by atoms with E-state index in [0.29, 0.717) is 0 Å². The van der Waals surface area contributed by atoms with Crippen molar-refractivity contribution in [1.82, 2.24) is 10.6 Å². The summed E-state index contributed by atoms with van der Waals surface area (Å²) >= 11 is 0. The Hall–Kier alpha value is -2.64. The molecule has 0 saturated carbocycles. The van der Waals surface area contributed by atoms with Crippen LogP contribution in [0, 0.1) is 5.82 Å². The van der Waals surface area contributed by atoms with Crippen molar-refractivity contribution in [3.63, 3.8) is 0 Å². The molecular formula is C11H12FN3O4. The van der Waals surface area contributed by atoms with Gasteiger partial charge < -0.3 is 21.1 Å². The number of nitrogens with one attached hydrogen (secondary N) is 3. The summed E-state index contributed by atoms with van der Waals surface area (Å²) in [6.45, 7) is -0.224. The number of urea groups is 1. The molecule has 0 aliphatic rings. The number of hydrogen-bond acceptors (Lipinski definition) is 3. The van der Waals surface area contributed by atoms with Crippen molar-refractivity contribution in [2.24, 2.45) is 0 Å². The number of benzene rings is 1. The van der Waals surface area contributed by atoms with Gasteiger partial charge in [0.05, 0.1) is 12.1 Å². The molecule has 1 aromatic rings. The Kier molecular flexibility index (Phi) is 4.81. The second-order valence-corrected chi connectivity index (χ2v) is 3.48. The van der Waals surface area contributed by atoms with Crippen molar-refractivity contribution in [3.8, 4) is 0 Å². The zero-order valence-electron chi connectivity index (χ0n) is 9.99. The third-order valence-corrected chi connectivity index (χ3v) is 2.15. The average molecular weight is 269 g/mol. The van der Waals surface area contributed by atoms with E-state index in [1.54, 1.807) is 0 Å². The SMILES string of the molecule is CNC(=O)CNC(=O)Nc1ccc(C(=O)O)c(F)c1. The van der Waals surface area contributed by atoms with E-state index in [9.17, 15) is 18.8 Å². The molecule has 0 unspecified atom stereocenters. The first-order chi connectivity index (χ1) is 8.93.